The molecular formula is C36H54N2O5. The van der Waals surface area contributed by atoms with Gasteiger partial charge in [-0.2, -0.15) is 0 Å². The van der Waals surface area contributed by atoms with Gasteiger partial charge >= 0.3 is 0 Å². The van der Waals surface area contributed by atoms with Crippen molar-refractivity contribution in [3.8, 4) is 0 Å². The van der Waals surface area contributed by atoms with Crippen LogP contribution in [0.2, 0.25) is 0 Å². The predicted octanol–water partition coefficient (Wildman–Crippen LogP) is 5.23. The van der Waals surface area contributed by atoms with Crippen molar-refractivity contribution in [3.63, 3.8) is 0 Å². The second-order valence-electron chi connectivity index (χ2n) is 16.2. The molecule has 1 aromatic rings. The van der Waals surface area contributed by atoms with Crippen LogP contribution in [0.4, 0.5) is 0 Å². The fourth-order valence-corrected chi connectivity index (χ4v) is 10.8. The van der Waals surface area contributed by atoms with Crippen LogP contribution in [-0.2, 0) is 11.3 Å². The summed E-state index contributed by atoms with van der Waals surface area (Å²) >= 11 is 0. The van der Waals surface area contributed by atoms with Crippen LogP contribution >= 0.6 is 0 Å². The Balaban J connectivity index is 1.27. The molecule has 0 amide bonds. The normalized spacial score (nSPS) is 43.5. The monoisotopic (exact) mass is 594 g/mol. The van der Waals surface area contributed by atoms with E-state index in [2.05, 4.69) is 43.8 Å². The third kappa shape index (κ3) is 4.83. The Hall–Kier alpha value is -1.80. The molecule has 7 nitrogen and oxygen atoms in total. The molecule has 0 aromatic carbocycles. The van der Waals surface area contributed by atoms with Gasteiger partial charge in [-0.1, -0.05) is 52.7 Å². The van der Waals surface area contributed by atoms with Gasteiger partial charge in [-0.05, 0) is 104 Å². The first kappa shape index (κ1) is 31.2. The van der Waals surface area contributed by atoms with Gasteiger partial charge in [0.2, 0.25) is 0 Å². The van der Waals surface area contributed by atoms with Gasteiger partial charge < -0.3 is 25.0 Å². The molecule has 0 spiro atoms. The molecule has 4 N–H and O–H groups in total. The maximum atomic E-state index is 13.6. The number of carbonyl (C=O) groups excluding carboxylic acids is 1. The highest BCUT2D eigenvalue weighted by molar-refractivity contribution is 5.95. The Labute approximate surface area is 257 Å². The van der Waals surface area contributed by atoms with Crippen LogP contribution in [0.15, 0.2) is 42.5 Å². The number of aliphatic hydroxyl groups is 4. The van der Waals surface area contributed by atoms with Gasteiger partial charge in [0.15, 0.2) is 5.78 Å². The maximum absolute atomic E-state index is 13.6. The van der Waals surface area contributed by atoms with Crippen LogP contribution in [0, 0.1) is 45.8 Å². The average Bonchev–Trinajstić information content (AvgIpc) is 3.56. The third-order valence-corrected chi connectivity index (χ3v) is 13.8. The van der Waals surface area contributed by atoms with E-state index in [-0.39, 0.29) is 47.2 Å². The Morgan fingerprint density at radius 1 is 1.14 bits per heavy atom. The van der Waals surface area contributed by atoms with Crippen molar-refractivity contribution < 1.29 is 25.2 Å². The van der Waals surface area contributed by atoms with Crippen molar-refractivity contribution in [2.45, 2.75) is 129 Å². The van der Waals surface area contributed by atoms with Crippen LogP contribution in [0.25, 0.3) is 0 Å². The van der Waals surface area contributed by atoms with Crippen molar-refractivity contribution in [2.24, 2.45) is 45.8 Å². The lowest BCUT2D eigenvalue weighted by atomic mass is 9.42. The maximum Gasteiger partial charge on any atom is 0.159 e. The highest BCUT2D eigenvalue weighted by Crippen LogP contribution is 2.71. The van der Waals surface area contributed by atoms with E-state index >= 15 is 0 Å². The van der Waals surface area contributed by atoms with E-state index in [1.54, 1.807) is 12.3 Å². The summed E-state index contributed by atoms with van der Waals surface area (Å²) in [5, 5.41) is 46.0. The summed E-state index contributed by atoms with van der Waals surface area (Å²) in [6.45, 7) is 14.1. The van der Waals surface area contributed by atoms with Gasteiger partial charge in [0, 0.05) is 30.3 Å². The molecule has 6 rings (SSSR count). The minimum absolute atomic E-state index is 0.00437. The number of aromatic nitrogens is 2. The van der Waals surface area contributed by atoms with Crippen molar-refractivity contribution in [3.05, 3.63) is 42.5 Å². The van der Waals surface area contributed by atoms with E-state index in [1.165, 1.54) is 0 Å². The number of aliphatic hydroxyl groups excluding tert-OH is 3. The van der Waals surface area contributed by atoms with E-state index in [9.17, 15) is 25.2 Å². The van der Waals surface area contributed by atoms with Crippen molar-refractivity contribution in [2.75, 3.05) is 0 Å². The Morgan fingerprint density at radius 2 is 1.88 bits per heavy atom. The highest BCUT2D eigenvalue weighted by atomic mass is 16.3. The SMILES string of the molecule is C=C(CC(O)C1CCCCC2CC3C(=CC(=O)C4CC(O)C(O)CC43C)C3(O)CCC1C23C)C(C)(C)CCn1ccnc1. The van der Waals surface area contributed by atoms with Crippen LogP contribution < -0.4 is 0 Å². The molecule has 1 heterocycles. The van der Waals surface area contributed by atoms with Crippen LogP contribution in [-0.4, -0.2) is 59.7 Å². The zero-order chi connectivity index (χ0) is 30.9. The number of allylic oxidation sites excluding steroid dienone is 1. The fraction of sp³-hybridized carbons (Fsp3) is 0.778. The van der Waals surface area contributed by atoms with Gasteiger partial charge in [0.05, 0.1) is 30.2 Å². The number of ketones is 1. The Morgan fingerprint density at radius 3 is 2.60 bits per heavy atom. The third-order valence-electron chi connectivity index (χ3n) is 13.8. The molecule has 11 atom stereocenters. The van der Waals surface area contributed by atoms with Crippen LogP contribution in [0.1, 0.15) is 98.3 Å². The average molecular weight is 595 g/mol. The number of aryl methyl sites for hydroxylation is 1. The lowest BCUT2D eigenvalue weighted by Crippen LogP contribution is -2.64. The summed E-state index contributed by atoms with van der Waals surface area (Å²) in [6, 6.07) is 0. The zero-order valence-electron chi connectivity index (χ0n) is 26.7. The number of rotatable bonds is 7. The number of nitrogens with zero attached hydrogens (tertiary/aromatic N) is 2. The van der Waals surface area contributed by atoms with Gasteiger partial charge in [-0.15, -0.1) is 0 Å². The minimum atomic E-state index is -1.10. The summed E-state index contributed by atoms with van der Waals surface area (Å²) in [7, 11) is 0. The van der Waals surface area contributed by atoms with E-state index in [4.69, 9.17) is 0 Å². The summed E-state index contributed by atoms with van der Waals surface area (Å²) in [5.74, 6) is 0.173. The molecule has 4 fully saturated rings. The second kappa shape index (κ2) is 10.9. The molecule has 5 aliphatic carbocycles. The topological polar surface area (TPSA) is 116 Å². The molecular weight excluding hydrogens is 540 g/mol. The van der Waals surface area contributed by atoms with Gasteiger partial charge in [0.1, 0.15) is 0 Å². The van der Waals surface area contributed by atoms with Gasteiger partial charge in [-0.25, -0.2) is 4.98 Å². The Bertz CT molecular complexity index is 1260. The molecule has 43 heavy (non-hydrogen) atoms. The van der Waals surface area contributed by atoms with E-state index in [0.29, 0.717) is 19.3 Å². The van der Waals surface area contributed by atoms with Gasteiger partial charge in [-0.3, -0.25) is 4.79 Å². The first-order chi connectivity index (χ1) is 20.2. The fourth-order valence-electron chi connectivity index (χ4n) is 10.8. The quantitative estimate of drug-likeness (QED) is 0.322. The molecule has 0 radical (unpaired) electrons. The Kier molecular flexibility index (Phi) is 7.92. The van der Waals surface area contributed by atoms with Crippen LogP contribution in [0.3, 0.4) is 0 Å². The van der Waals surface area contributed by atoms with Crippen molar-refractivity contribution in [1.82, 2.24) is 9.55 Å². The van der Waals surface area contributed by atoms with E-state index in [0.717, 1.165) is 62.6 Å². The largest absolute Gasteiger partial charge is 0.392 e. The molecule has 1 aromatic heterocycles. The lowest BCUT2D eigenvalue weighted by molar-refractivity contribution is -0.171. The first-order valence-electron chi connectivity index (χ1n) is 16.9. The molecule has 7 heteroatoms. The van der Waals surface area contributed by atoms with Crippen molar-refractivity contribution >= 4 is 5.78 Å². The number of hydrogen-bond donors (Lipinski definition) is 4. The minimum Gasteiger partial charge on any atom is -0.392 e. The van der Waals surface area contributed by atoms with E-state index < -0.39 is 34.7 Å². The summed E-state index contributed by atoms with van der Waals surface area (Å²) in [5.41, 5.74) is -0.206. The summed E-state index contributed by atoms with van der Waals surface area (Å²) in [4.78, 5) is 17.8. The summed E-state index contributed by atoms with van der Waals surface area (Å²) < 4.78 is 2.08. The molecule has 0 bridgehead atoms. The van der Waals surface area contributed by atoms with E-state index in [1.807, 2.05) is 12.5 Å². The number of hydrogen-bond acceptors (Lipinski definition) is 6. The molecule has 0 aliphatic heterocycles. The van der Waals surface area contributed by atoms with Gasteiger partial charge in [0.25, 0.3) is 0 Å². The number of fused-ring (bicyclic) bond motifs is 4. The number of imidazole rings is 1. The second-order valence-corrected chi connectivity index (χ2v) is 16.2. The number of carbonyl (C=O) groups is 1. The standard InChI is InChI=1S/C36H54N2O5/c1-22(33(2,3)12-14-38-15-13-37-21-38)16-29(39)24-9-7-6-8-23-17-26-27(36(43)11-10-25(24)35(23,36)5)18-30(40)28-19-31(41)32(42)20-34(26,28)4/h13,15,18,21,23-26,28-29,31-32,39,41-43H,1,6-12,14,16-17,19-20H2,2-5H3. The molecule has 11 unspecified atom stereocenters. The highest BCUT2D eigenvalue weighted by Gasteiger charge is 2.70. The first-order valence-corrected chi connectivity index (χ1v) is 16.9. The zero-order valence-corrected chi connectivity index (χ0v) is 26.7. The lowest BCUT2D eigenvalue weighted by Gasteiger charge is -2.63. The molecule has 0 saturated heterocycles. The molecule has 238 valence electrons. The molecule has 5 aliphatic rings. The summed E-state index contributed by atoms with van der Waals surface area (Å²) in [6.07, 6.45) is 13.7. The van der Waals surface area contributed by atoms with Crippen LogP contribution in [0.5, 0.6) is 0 Å². The van der Waals surface area contributed by atoms with Crippen molar-refractivity contribution in [1.29, 1.82) is 0 Å². The smallest absolute Gasteiger partial charge is 0.159 e. The predicted molar refractivity (Wildman–Crippen MR) is 166 cm³/mol. The molecule has 4 saturated carbocycles.